The van der Waals surface area contributed by atoms with Crippen LogP contribution in [0.3, 0.4) is 0 Å². The van der Waals surface area contributed by atoms with Gasteiger partial charge in [0.05, 0.1) is 11.3 Å². The van der Waals surface area contributed by atoms with Gasteiger partial charge in [-0.05, 0) is 77.9 Å². The second-order valence-electron chi connectivity index (χ2n) is 10.4. The molecule has 5 rings (SSSR count). The number of carbonyl (C=O) groups is 4. The predicted octanol–water partition coefficient (Wildman–Crippen LogP) is 7.10. The zero-order valence-corrected chi connectivity index (χ0v) is 26.4. The van der Waals surface area contributed by atoms with Crippen molar-refractivity contribution in [2.75, 3.05) is 16.4 Å². The Labute approximate surface area is 281 Å². The average Bonchev–Trinajstić information content (AvgIpc) is 3.11. The number of thioether (sulfide) groups is 1. The maximum atomic E-state index is 13.5. The molecule has 0 bridgehead atoms. The molecule has 0 aliphatic carbocycles. The summed E-state index contributed by atoms with van der Waals surface area (Å²) in [6.45, 7) is 0.416. The summed E-state index contributed by atoms with van der Waals surface area (Å²) in [6.07, 6.45) is 1.58. The second-order valence-corrected chi connectivity index (χ2v) is 11.5. The van der Waals surface area contributed by atoms with Gasteiger partial charge in [-0.1, -0.05) is 72.8 Å². The van der Waals surface area contributed by atoms with E-state index in [1.54, 1.807) is 97.1 Å². The standard InChI is InChI=1S/C38H31N3O6S/c42-35(39-30-14-7-13-29(22-30)38(45)46)25-48-33-16-8-15-31(23-33)40-37(44)34(41-36(43)28-11-5-2-6-12-28)21-26-17-19-32(20-18-26)47-24-27-9-3-1-4-10-27/h1-23H,24-25H2,(H,39,42)(H,40,44)(H,41,43)(H,45,46)/b34-21-. The topological polar surface area (TPSA) is 134 Å². The first-order valence-electron chi connectivity index (χ1n) is 14.8. The van der Waals surface area contributed by atoms with Gasteiger partial charge >= 0.3 is 5.97 Å². The monoisotopic (exact) mass is 657 g/mol. The highest BCUT2D eigenvalue weighted by atomic mass is 32.2. The number of aromatic carboxylic acids is 1. The number of benzene rings is 5. The van der Waals surface area contributed by atoms with E-state index in [2.05, 4.69) is 16.0 Å². The number of nitrogens with one attached hydrogen (secondary N) is 3. The van der Waals surface area contributed by atoms with E-state index in [-0.39, 0.29) is 22.9 Å². The van der Waals surface area contributed by atoms with Crippen molar-refractivity contribution >= 4 is 52.9 Å². The van der Waals surface area contributed by atoms with Gasteiger partial charge in [0, 0.05) is 21.8 Å². The van der Waals surface area contributed by atoms with Crippen LogP contribution in [0.25, 0.3) is 6.08 Å². The molecule has 5 aromatic rings. The third kappa shape index (κ3) is 9.93. The van der Waals surface area contributed by atoms with Crippen LogP contribution in [0.4, 0.5) is 11.4 Å². The lowest BCUT2D eigenvalue weighted by molar-refractivity contribution is -0.114. The van der Waals surface area contributed by atoms with Gasteiger partial charge in [-0.2, -0.15) is 0 Å². The molecule has 0 fully saturated rings. The fourth-order valence-corrected chi connectivity index (χ4v) is 5.20. The molecule has 3 amide bonds. The van der Waals surface area contributed by atoms with E-state index >= 15 is 0 Å². The highest BCUT2D eigenvalue weighted by Gasteiger charge is 2.16. The van der Waals surface area contributed by atoms with Crippen molar-refractivity contribution in [1.82, 2.24) is 5.32 Å². The molecule has 0 aliphatic rings. The van der Waals surface area contributed by atoms with Crippen molar-refractivity contribution in [2.45, 2.75) is 11.5 Å². The molecule has 0 aromatic heterocycles. The molecule has 0 saturated heterocycles. The van der Waals surface area contributed by atoms with Crippen LogP contribution >= 0.6 is 11.8 Å². The number of carbonyl (C=O) groups excluding carboxylic acids is 3. The van der Waals surface area contributed by atoms with Crippen molar-refractivity contribution < 1.29 is 29.0 Å². The van der Waals surface area contributed by atoms with Crippen molar-refractivity contribution in [2.24, 2.45) is 0 Å². The Kier molecular flexibility index (Phi) is 11.4. The summed E-state index contributed by atoms with van der Waals surface area (Å²) < 4.78 is 5.87. The van der Waals surface area contributed by atoms with Crippen LogP contribution in [0.2, 0.25) is 0 Å². The molecule has 0 saturated carbocycles. The van der Waals surface area contributed by atoms with Gasteiger partial charge in [0.15, 0.2) is 0 Å². The first-order valence-corrected chi connectivity index (χ1v) is 15.8. The lowest BCUT2D eigenvalue weighted by Gasteiger charge is -2.12. The third-order valence-electron chi connectivity index (χ3n) is 6.82. The van der Waals surface area contributed by atoms with Gasteiger partial charge < -0.3 is 25.8 Å². The Morgan fingerprint density at radius 2 is 1.33 bits per heavy atom. The van der Waals surface area contributed by atoms with Crippen molar-refractivity contribution in [3.8, 4) is 5.75 Å². The summed E-state index contributed by atoms with van der Waals surface area (Å²) in [5.74, 6) is -1.67. The SMILES string of the molecule is O=C(CSc1cccc(NC(=O)/C(=C/c2ccc(OCc3ccccc3)cc2)NC(=O)c2ccccc2)c1)Nc1cccc(C(=O)O)c1. The highest BCUT2D eigenvalue weighted by molar-refractivity contribution is 8.00. The molecule has 0 spiro atoms. The average molecular weight is 658 g/mol. The number of carboxylic acids is 1. The van der Waals surface area contributed by atoms with Crippen LogP contribution in [0.15, 0.2) is 144 Å². The summed E-state index contributed by atoms with van der Waals surface area (Å²) in [4.78, 5) is 51.0. The summed E-state index contributed by atoms with van der Waals surface area (Å²) in [5.41, 5.74) is 3.05. The molecule has 10 heteroatoms. The number of hydrogen-bond donors (Lipinski definition) is 4. The normalized spacial score (nSPS) is 10.9. The Balaban J connectivity index is 1.25. The smallest absolute Gasteiger partial charge is 0.335 e. The fourth-order valence-electron chi connectivity index (χ4n) is 4.45. The zero-order valence-electron chi connectivity index (χ0n) is 25.6. The minimum Gasteiger partial charge on any atom is -0.489 e. The van der Waals surface area contributed by atoms with E-state index in [9.17, 15) is 24.3 Å². The lowest BCUT2D eigenvalue weighted by Crippen LogP contribution is -2.30. The minimum atomic E-state index is -1.08. The maximum absolute atomic E-state index is 13.5. The van der Waals surface area contributed by atoms with E-state index in [1.165, 1.54) is 23.9 Å². The second kappa shape index (κ2) is 16.4. The van der Waals surface area contributed by atoms with E-state index < -0.39 is 17.8 Å². The summed E-state index contributed by atoms with van der Waals surface area (Å²) >= 11 is 1.25. The molecule has 240 valence electrons. The highest BCUT2D eigenvalue weighted by Crippen LogP contribution is 2.23. The molecule has 0 atom stereocenters. The van der Waals surface area contributed by atoms with Crippen LogP contribution in [-0.4, -0.2) is 34.6 Å². The van der Waals surface area contributed by atoms with E-state index in [0.29, 0.717) is 39.8 Å². The van der Waals surface area contributed by atoms with Crippen LogP contribution < -0.4 is 20.7 Å². The van der Waals surface area contributed by atoms with Gasteiger partial charge in [-0.25, -0.2) is 4.79 Å². The lowest BCUT2D eigenvalue weighted by atomic mass is 10.1. The van der Waals surface area contributed by atoms with Gasteiger partial charge in [0.1, 0.15) is 18.1 Å². The van der Waals surface area contributed by atoms with E-state index in [0.717, 1.165) is 5.56 Å². The molecule has 4 N–H and O–H groups in total. The molecule has 5 aromatic carbocycles. The Morgan fingerprint density at radius 1 is 0.688 bits per heavy atom. The van der Waals surface area contributed by atoms with Gasteiger partial charge in [-0.15, -0.1) is 11.8 Å². The van der Waals surface area contributed by atoms with Gasteiger partial charge in [0.25, 0.3) is 11.8 Å². The first-order chi connectivity index (χ1) is 23.3. The summed E-state index contributed by atoms with van der Waals surface area (Å²) in [6, 6.07) is 38.5. The predicted molar refractivity (Wildman–Crippen MR) is 187 cm³/mol. The van der Waals surface area contributed by atoms with E-state index in [1.807, 2.05) is 30.3 Å². The quantitative estimate of drug-likeness (QED) is 0.0784. The molecule has 0 radical (unpaired) electrons. The van der Waals surface area contributed by atoms with Crippen molar-refractivity contribution in [3.63, 3.8) is 0 Å². The molecular formula is C38H31N3O6S. The van der Waals surface area contributed by atoms with Crippen molar-refractivity contribution in [1.29, 1.82) is 0 Å². The van der Waals surface area contributed by atoms with Crippen LogP contribution in [-0.2, 0) is 16.2 Å². The molecule has 9 nitrogen and oxygen atoms in total. The maximum Gasteiger partial charge on any atom is 0.335 e. The number of ether oxygens (including phenoxy) is 1. The number of rotatable bonds is 13. The Morgan fingerprint density at radius 3 is 2.04 bits per heavy atom. The van der Waals surface area contributed by atoms with E-state index in [4.69, 9.17) is 4.74 Å². The Hall–Kier alpha value is -6.13. The third-order valence-corrected chi connectivity index (χ3v) is 7.82. The van der Waals surface area contributed by atoms with Crippen molar-refractivity contribution in [3.05, 3.63) is 161 Å². The first kappa shape index (κ1) is 33.2. The molecule has 48 heavy (non-hydrogen) atoms. The van der Waals surface area contributed by atoms with Crippen LogP contribution in [0.1, 0.15) is 31.8 Å². The summed E-state index contributed by atoms with van der Waals surface area (Å²) in [5, 5.41) is 17.4. The molecule has 0 aliphatic heterocycles. The largest absolute Gasteiger partial charge is 0.489 e. The van der Waals surface area contributed by atoms with Crippen LogP contribution in [0.5, 0.6) is 5.75 Å². The number of anilines is 2. The molecule has 0 unspecified atom stereocenters. The molecular weight excluding hydrogens is 627 g/mol. The number of hydrogen-bond acceptors (Lipinski definition) is 6. The zero-order chi connectivity index (χ0) is 33.7. The fraction of sp³-hybridized carbons (Fsp3) is 0.0526. The number of carboxylic acid groups (broad SMARTS) is 1. The Bertz CT molecular complexity index is 1930. The minimum absolute atomic E-state index is 0.0304. The van der Waals surface area contributed by atoms with Crippen LogP contribution in [0, 0.1) is 0 Å². The molecule has 0 heterocycles. The van der Waals surface area contributed by atoms with Gasteiger partial charge in [0.2, 0.25) is 5.91 Å². The number of amides is 3. The van der Waals surface area contributed by atoms with Gasteiger partial charge in [-0.3, -0.25) is 14.4 Å². The summed E-state index contributed by atoms with van der Waals surface area (Å²) in [7, 11) is 0.